The molecule has 2 saturated carbocycles. The first-order valence-electron chi connectivity index (χ1n) is 20.5. The Morgan fingerprint density at radius 1 is 0.604 bits per heavy atom. The van der Waals surface area contributed by atoms with E-state index in [1.165, 1.54) is 100 Å². The summed E-state index contributed by atoms with van der Waals surface area (Å²) in [6, 6.07) is 42.7. The first-order valence-corrected chi connectivity index (χ1v) is 20.5. The molecule has 2 heterocycles. The van der Waals surface area contributed by atoms with Crippen LogP contribution in [0.5, 0.6) is 0 Å². The Labute approximate surface area is 319 Å². The molecular weight excluding hydrogens is 639 g/mol. The molecule has 4 unspecified atom stereocenters. The highest BCUT2D eigenvalue weighted by Gasteiger charge is 2.49. The van der Waals surface area contributed by atoms with Gasteiger partial charge in [0.2, 0.25) is 0 Å². The van der Waals surface area contributed by atoms with E-state index in [1.54, 1.807) is 5.56 Å². The van der Waals surface area contributed by atoms with Gasteiger partial charge in [-0.1, -0.05) is 122 Å². The first-order chi connectivity index (χ1) is 25.3. The van der Waals surface area contributed by atoms with Crippen molar-refractivity contribution in [2.24, 2.45) is 17.8 Å². The quantitative estimate of drug-likeness (QED) is 0.169. The molecule has 0 amide bonds. The largest absolute Gasteiger partial charge is 0.311 e. The predicted octanol–water partition coefficient (Wildman–Crippen LogP) is 11.9. The molecular formula is C50H57BN2. The Balaban J connectivity index is 1.38. The lowest BCUT2D eigenvalue weighted by molar-refractivity contribution is 0.0703. The molecule has 2 fully saturated rings. The summed E-state index contributed by atoms with van der Waals surface area (Å²) >= 11 is 0. The average Bonchev–Trinajstić information content (AvgIpc) is 3.13. The zero-order chi connectivity index (χ0) is 36.9. The van der Waals surface area contributed by atoms with E-state index in [4.69, 9.17) is 0 Å². The van der Waals surface area contributed by atoms with Crippen molar-refractivity contribution in [2.75, 3.05) is 9.80 Å². The number of anilines is 6. The topological polar surface area (TPSA) is 6.48 Å². The van der Waals surface area contributed by atoms with Crippen molar-refractivity contribution in [3.63, 3.8) is 0 Å². The Morgan fingerprint density at radius 2 is 1.21 bits per heavy atom. The van der Waals surface area contributed by atoms with E-state index in [9.17, 15) is 0 Å². The third kappa shape index (κ3) is 5.68. The van der Waals surface area contributed by atoms with Gasteiger partial charge in [0.15, 0.2) is 0 Å². The van der Waals surface area contributed by atoms with Gasteiger partial charge in [-0.2, -0.15) is 0 Å². The third-order valence-electron chi connectivity index (χ3n) is 13.5. The van der Waals surface area contributed by atoms with Gasteiger partial charge in [-0.15, -0.1) is 0 Å². The highest BCUT2D eigenvalue weighted by molar-refractivity contribution is 7.00. The Morgan fingerprint density at radius 3 is 1.87 bits per heavy atom. The van der Waals surface area contributed by atoms with Gasteiger partial charge in [0.25, 0.3) is 6.71 Å². The molecule has 0 aromatic heterocycles. The number of hydrogen-bond acceptors (Lipinski definition) is 2. The van der Waals surface area contributed by atoms with Crippen LogP contribution < -0.4 is 26.2 Å². The van der Waals surface area contributed by atoms with Gasteiger partial charge in [-0.25, -0.2) is 0 Å². The molecule has 270 valence electrons. The van der Waals surface area contributed by atoms with E-state index in [-0.39, 0.29) is 23.0 Å². The lowest BCUT2D eigenvalue weighted by atomic mass is 9.33. The SMILES string of the molecule is CCC1CC2CC(C)CC(c3cc4c5c(c3)N(c3ccc(C(C)(C)C)cc3)c3ccc(C(C)(C)C)cc3B5c3ccccc3N4c3ccccc3)(C1)C2. The van der Waals surface area contributed by atoms with Crippen LogP contribution in [0.2, 0.25) is 0 Å². The van der Waals surface area contributed by atoms with Gasteiger partial charge >= 0.3 is 0 Å². The number of nitrogens with zero attached hydrogens (tertiary/aromatic N) is 2. The second kappa shape index (κ2) is 12.4. The maximum atomic E-state index is 2.69. The van der Waals surface area contributed by atoms with Crippen LogP contribution in [0.4, 0.5) is 34.1 Å². The van der Waals surface area contributed by atoms with Gasteiger partial charge in [-0.05, 0) is 148 Å². The number of para-hydroxylation sites is 2. The molecule has 5 aromatic rings. The third-order valence-corrected chi connectivity index (χ3v) is 13.5. The number of rotatable bonds is 4. The highest BCUT2D eigenvalue weighted by Crippen LogP contribution is 2.57. The van der Waals surface area contributed by atoms with Crippen LogP contribution >= 0.6 is 0 Å². The molecule has 9 rings (SSSR count). The zero-order valence-electron chi connectivity index (χ0n) is 33.3. The Bertz CT molecular complexity index is 2170. The molecule has 53 heavy (non-hydrogen) atoms. The number of benzene rings is 5. The molecule has 2 nitrogen and oxygen atoms in total. The van der Waals surface area contributed by atoms with Crippen LogP contribution in [0.3, 0.4) is 0 Å². The molecule has 4 atom stereocenters. The van der Waals surface area contributed by atoms with E-state index < -0.39 is 0 Å². The molecule has 5 aromatic carbocycles. The van der Waals surface area contributed by atoms with Crippen LogP contribution in [0.25, 0.3) is 0 Å². The van der Waals surface area contributed by atoms with E-state index in [1.807, 2.05) is 0 Å². The van der Waals surface area contributed by atoms with Crippen molar-refractivity contribution in [1.29, 1.82) is 0 Å². The summed E-state index contributed by atoms with van der Waals surface area (Å²) in [5.74, 6) is 2.36. The molecule has 0 radical (unpaired) electrons. The van der Waals surface area contributed by atoms with E-state index in [0.717, 1.165) is 17.8 Å². The Kier molecular flexibility index (Phi) is 8.08. The van der Waals surface area contributed by atoms with E-state index >= 15 is 0 Å². The lowest BCUT2D eigenvalue weighted by Crippen LogP contribution is -2.61. The summed E-state index contributed by atoms with van der Waals surface area (Å²) in [6.45, 7) is 19.1. The average molecular weight is 697 g/mol. The van der Waals surface area contributed by atoms with Crippen LogP contribution in [-0.4, -0.2) is 6.71 Å². The van der Waals surface area contributed by atoms with Crippen molar-refractivity contribution in [3.05, 3.63) is 126 Å². The first kappa shape index (κ1) is 34.5. The maximum absolute atomic E-state index is 2.69. The van der Waals surface area contributed by atoms with Gasteiger partial charge in [0.1, 0.15) is 0 Å². The molecule has 0 saturated heterocycles. The van der Waals surface area contributed by atoms with Crippen LogP contribution in [0.15, 0.2) is 109 Å². The molecule has 2 bridgehead atoms. The van der Waals surface area contributed by atoms with Gasteiger partial charge in [-0.3, -0.25) is 0 Å². The molecule has 0 N–H and O–H groups in total. The van der Waals surface area contributed by atoms with Crippen LogP contribution in [0.1, 0.15) is 111 Å². The molecule has 2 aliphatic carbocycles. The summed E-state index contributed by atoms with van der Waals surface area (Å²) in [6.07, 6.45) is 7.99. The minimum Gasteiger partial charge on any atom is -0.311 e. The van der Waals surface area contributed by atoms with Crippen LogP contribution in [-0.2, 0) is 16.2 Å². The summed E-state index contributed by atoms with van der Waals surface area (Å²) in [7, 11) is 0. The fourth-order valence-electron chi connectivity index (χ4n) is 11.1. The smallest absolute Gasteiger partial charge is 0.252 e. The van der Waals surface area contributed by atoms with Gasteiger partial charge in [0.05, 0.1) is 0 Å². The van der Waals surface area contributed by atoms with Crippen molar-refractivity contribution in [1.82, 2.24) is 0 Å². The molecule has 2 aliphatic heterocycles. The number of hydrogen-bond donors (Lipinski definition) is 0. The summed E-state index contributed by atoms with van der Waals surface area (Å²) in [4.78, 5) is 5.25. The van der Waals surface area contributed by atoms with Crippen molar-refractivity contribution in [2.45, 2.75) is 110 Å². The Hall–Kier alpha value is -4.24. The number of fused-ring (bicyclic) bond motifs is 6. The second-order valence-corrected chi connectivity index (χ2v) is 19.4. The monoisotopic (exact) mass is 696 g/mol. The fourth-order valence-corrected chi connectivity index (χ4v) is 11.1. The second-order valence-electron chi connectivity index (χ2n) is 19.4. The van der Waals surface area contributed by atoms with Crippen LogP contribution in [0, 0.1) is 17.8 Å². The highest BCUT2D eigenvalue weighted by atomic mass is 15.2. The van der Waals surface area contributed by atoms with E-state index in [0.29, 0.717) is 0 Å². The van der Waals surface area contributed by atoms with Crippen molar-refractivity contribution >= 4 is 57.2 Å². The standard InChI is InChI=1S/C50H57BN2/c1-9-34-26-35-25-33(2)30-50(31-34,32-35)38-28-45-47-46(29-38)53(40-22-19-36(20-23-40)48(3,4)5)44-24-21-37(49(6,7)8)27-42(44)51(47)41-17-13-14-18-43(41)52(45)39-15-11-10-12-16-39/h10-24,27-29,33-35H,9,25-26,30-32H2,1-8H3. The molecule has 0 spiro atoms. The van der Waals surface area contributed by atoms with Crippen molar-refractivity contribution in [3.8, 4) is 0 Å². The maximum Gasteiger partial charge on any atom is 0.252 e. The summed E-state index contributed by atoms with van der Waals surface area (Å²) < 4.78 is 0. The summed E-state index contributed by atoms with van der Waals surface area (Å²) in [5.41, 5.74) is 16.7. The van der Waals surface area contributed by atoms with Crippen molar-refractivity contribution < 1.29 is 0 Å². The minimum absolute atomic E-state index is 0.0373. The lowest BCUT2D eigenvalue weighted by Gasteiger charge is -2.52. The zero-order valence-corrected chi connectivity index (χ0v) is 33.3. The fraction of sp³-hybridized carbons (Fsp3) is 0.400. The molecule has 3 heteroatoms. The van der Waals surface area contributed by atoms with Gasteiger partial charge in [0, 0.05) is 34.1 Å². The molecule has 4 aliphatic rings. The summed E-state index contributed by atoms with van der Waals surface area (Å²) in [5, 5.41) is 0. The predicted molar refractivity (Wildman–Crippen MR) is 229 cm³/mol. The van der Waals surface area contributed by atoms with E-state index in [2.05, 4.69) is 174 Å². The normalized spacial score (nSPS) is 23.3. The van der Waals surface area contributed by atoms with Gasteiger partial charge < -0.3 is 9.80 Å². The minimum atomic E-state index is 0.0373.